The average molecular weight is 410 g/mol. The molecule has 6 nitrogen and oxygen atoms in total. The maximum atomic E-state index is 13.7. The second-order valence-electron chi connectivity index (χ2n) is 5.53. The molecule has 0 saturated heterocycles. The fraction of sp³-hybridized carbons (Fsp3) is 0.118. The number of para-hydroxylation sites is 1. The molecule has 3 rings (SSSR count). The van der Waals surface area contributed by atoms with Crippen LogP contribution in [0.4, 0.5) is 14.5 Å². The molecule has 0 unspecified atom stereocenters. The Morgan fingerprint density at radius 3 is 2.56 bits per heavy atom. The molecule has 10 heteroatoms. The van der Waals surface area contributed by atoms with E-state index in [9.17, 15) is 13.6 Å². The number of anilines is 1. The van der Waals surface area contributed by atoms with Crippen molar-refractivity contribution in [1.82, 2.24) is 14.9 Å². The van der Waals surface area contributed by atoms with Crippen LogP contribution < -0.4 is 11.2 Å². The van der Waals surface area contributed by atoms with Crippen molar-refractivity contribution in [2.24, 2.45) is 0 Å². The summed E-state index contributed by atoms with van der Waals surface area (Å²) in [6.07, 6.45) is 0. The normalized spacial score (nSPS) is 12.0. The van der Waals surface area contributed by atoms with Gasteiger partial charge in [0.1, 0.15) is 17.3 Å². The Morgan fingerprint density at radius 2 is 1.89 bits per heavy atom. The molecule has 0 aliphatic carbocycles. The minimum atomic E-state index is -0.856. The maximum Gasteiger partial charge on any atom is 0.237 e. The molecule has 0 radical (unpaired) electrons. The van der Waals surface area contributed by atoms with Crippen molar-refractivity contribution in [2.75, 3.05) is 11.2 Å². The zero-order chi connectivity index (χ0) is 19.6. The first kappa shape index (κ1) is 19.1. The van der Waals surface area contributed by atoms with E-state index >= 15 is 0 Å². The van der Waals surface area contributed by atoms with Gasteiger partial charge in [0.2, 0.25) is 11.1 Å². The van der Waals surface area contributed by atoms with Crippen molar-refractivity contribution in [2.45, 2.75) is 17.3 Å². The lowest BCUT2D eigenvalue weighted by molar-refractivity contribution is -0.115. The summed E-state index contributed by atoms with van der Waals surface area (Å²) in [5.41, 5.74) is 0.165. The smallest absolute Gasteiger partial charge is 0.237 e. The van der Waals surface area contributed by atoms with E-state index in [0.29, 0.717) is 16.4 Å². The monoisotopic (exact) mass is 409 g/mol. The molecule has 1 heterocycles. The number of nitrogens with zero attached hydrogens (tertiary/aromatic N) is 3. The lowest BCUT2D eigenvalue weighted by atomic mass is 10.2. The zero-order valence-corrected chi connectivity index (χ0v) is 15.6. The molecule has 0 fully saturated rings. The van der Waals surface area contributed by atoms with E-state index in [2.05, 4.69) is 15.5 Å². The van der Waals surface area contributed by atoms with Crippen molar-refractivity contribution in [3.63, 3.8) is 0 Å². The molecule has 0 bridgehead atoms. The topological polar surface area (TPSA) is 85.8 Å². The number of hydrogen-bond donors (Lipinski definition) is 2. The average Bonchev–Trinajstić information content (AvgIpc) is 2.98. The summed E-state index contributed by atoms with van der Waals surface area (Å²) in [7, 11) is 0. The number of thioether (sulfide) groups is 1. The van der Waals surface area contributed by atoms with E-state index in [0.717, 1.165) is 23.9 Å². The largest absolute Gasteiger partial charge is 0.335 e. The summed E-state index contributed by atoms with van der Waals surface area (Å²) in [6.45, 7) is 1.56. The molecular formula is C17H14ClF2N5OS. The van der Waals surface area contributed by atoms with Crippen molar-refractivity contribution in [1.29, 1.82) is 0 Å². The van der Waals surface area contributed by atoms with E-state index in [1.165, 1.54) is 10.7 Å². The van der Waals surface area contributed by atoms with Gasteiger partial charge in [0, 0.05) is 10.6 Å². The van der Waals surface area contributed by atoms with Gasteiger partial charge in [0.15, 0.2) is 5.82 Å². The highest BCUT2D eigenvalue weighted by atomic mass is 35.5. The van der Waals surface area contributed by atoms with Gasteiger partial charge in [-0.1, -0.05) is 41.6 Å². The van der Waals surface area contributed by atoms with Gasteiger partial charge in [-0.2, -0.15) is 0 Å². The highest BCUT2D eigenvalue weighted by molar-refractivity contribution is 8.00. The van der Waals surface area contributed by atoms with Crippen molar-refractivity contribution in [3.05, 3.63) is 59.1 Å². The Hall–Kier alpha value is -2.65. The van der Waals surface area contributed by atoms with E-state index in [4.69, 9.17) is 17.4 Å². The molecule has 0 aliphatic rings. The van der Waals surface area contributed by atoms with Gasteiger partial charge >= 0.3 is 0 Å². The number of nitrogens with two attached hydrogens (primary N) is 1. The third kappa shape index (κ3) is 4.20. The standard InChI is InChI=1S/C17H14ClF2N5OS/c1-9(16(26)22-14-12(19)6-3-7-13(14)20)27-17-24-23-15(25(17)21)10-4-2-5-11(18)8-10/h2-9H,21H2,1H3,(H,22,26)/t9-/m1/s1. The molecule has 0 spiro atoms. The van der Waals surface area contributed by atoms with Crippen LogP contribution in [0.25, 0.3) is 11.4 Å². The first-order valence-electron chi connectivity index (χ1n) is 7.74. The van der Waals surface area contributed by atoms with Crippen LogP contribution in [0.5, 0.6) is 0 Å². The van der Waals surface area contributed by atoms with Gasteiger partial charge in [-0.05, 0) is 31.2 Å². The van der Waals surface area contributed by atoms with Gasteiger partial charge in [-0.15, -0.1) is 10.2 Å². The van der Waals surface area contributed by atoms with E-state index in [-0.39, 0.29) is 5.16 Å². The quantitative estimate of drug-likeness (QED) is 0.495. The van der Waals surface area contributed by atoms with Crippen LogP contribution in [0.3, 0.4) is 0 Å². The number of rotatable bonds is 5. The Morgan fingerprint density at radius 1 is 1.22 bits per heavy atom. The van der Waals surface area contributed by atoms with Gasteiger partial charge in [0.25, 0.3) is 0 Å². The van der Waals surface area contributed by atoms with Crippen LogP contribution in [0.2, 0.25) is 5.02 Å². The third-order valence-electron chi connectivity index (χ3n) is 3.61. The maximum absolute atomic E-state index is 13.7. The summed E-state index contributed by atoms with van der Waals surface area (Å²) in [4.78, 5) is 12.3. The Bertz CT molecular complexity index is 977. The molecule has 3 aromatic rings. The molecule has 0 saturated carbocycles. The number of carbonyl (C=O) groups excluding carboxylic acids is 1. The Kier molecular flexibility index (Phi) is 5.62. The Balaban J connectivity index is 1.75. The summed E-state index contributed by atoms with van der Waals surface area (Å²) >= 11 is 6.97. The number of carbonyl (C=O) groups is 1. The number of amides is 1. The van der Waals surface area contributed by atoms with Crippen LogP contribution in [0.1, 0.15) is 6.92 Å². The fourth-order valence-corrected chi connectivity index (χ4v) is 3.20. The molecule has 27 heavy (non-hydrogen) atoms. The van der Waals surface area contributed by atoms with Crippen molar-refractivity contribution in [3.8, 4) is 11.4 Å². The predicted molar refractivity (Wildman–Crippen MR) is 101 cm³/mol. The molecule has 1 amide bonds. The van der Waals surface area contributed by atoms with Crippen LogP contribution in [0.15, 0.2) is 47.6 Å². The highest BCUT2D eigenvalue weighted by Crippen LogP contribution is 2.27. The number of halogens is 3. The third-order valence-corrected chi connectivity index (χ3v) is 4.90. The second kappa shape index (κ2) is 7.93. The molecule has 1 atom stereocenters. The van der Waals surface area contributed by atoms with Crippen molar-refractivity contribution < 1.29 is 13.6 Å². The number of hydrogen-bond acceptors (Lipinski definition) is 5. The zero-order valence-electron chi connectivity index (χ0n) is 14.0. The highest BCUT2D eigenvalue weighted by Gasteiger charge is 2.22. The first-order valence-corrected chi connectivity index (χ1v) is 9.00. The summed E-state index contributed by atoms with van der Waals surface area (Å²) in [5, 5.41) is 10.3. The number of nitrogens with one attached hydrogen (secondary N) is 1. The molecule has 1 aromatic heterocycles. The van der Waals surface area contributed by atoms with E-state index in [1.54, 1.807) is 31.2 Å². The van der Waals surface area contributed by atoms with Crippen LogP contribution in [0, 0.1) is 11.6 Å². The molecule has 3 N–H and O–H groups in total. The first-order chi connectivity index (χ1) is 12.9. The molecule has 140 valence electrons. The minimum absolute atomic E-state index is 0.265. The summed E-state index contributed by atoms with van der Waals surface area (Å²) in [5.74, 6) is 4.07. The fourth-order valence-electron chi connectivity index (χ4n) is 2.24. The number of nitrogen functional groups attached to an aromatic ring is 1. The molecule has 0 aliphatic heterocycles. The minimum Gasteiger partial charge on any atom is -0.335 e. The lowest BCUT2D eigenvalue weighted by Crippen LogP contribution is -2.24. The van der Waals surface area contributed by atoms with Crippen LogP contribution >= 0.6 is 23.4 Å². The number of aromatic nitrogens is 3. The Labute approximate surface area is 162 Å². The van der Waals surface area contributed by atoms with E-state index in [1.807, 2.05) is 0 Å². The summed E-state index contributed by atoms with van der Waals surface area (Å²) in [6, 6.07) is 10.2. The van der Waals surface area contributed by atoms with Gasteiger partial charge in [-0.3, -0.25) is 4.79 Å². The predicted octanol–water partition coefficient (Wildman–Crippen LogP) is 3.71. The molecule has 2 aromatic carbocycles. The van der Waals surface area contributed by atoms with Gasteiger partial charge in [-0.25, -0.2) is 13.5 Å². The second-order valence-corrected chi connectivity index (χ2v) is 7.28. The van der Waals surface area contributed by atoms with E-state index < -0.39 is 28.5 Å². The van der Waals surface area contributed by atoms with Crippen molar-refractivity contribution >= 4 is 35.0 Å². The van der Waals surface area contributed by atoms with Crippen LogP contribution in [-0.2, 0) is 4.79 Å². The SMILES string of the molecule is C[C@@H](Sc1nnc(-c2cccc(Cl)c2)n1N)C(=O)Nc1c(F)cccc1F. The number of benzene rings is 2. The summed E-state index contributed by atoms with van der Waals surface area (Å²) < 4.78 is 28.6. The van der Waals surface area contributed by atoms with Gasteiger partial charge < -0.3 is 11.2 Å². The molecular weight excluding hydrogens is 396 g/mol. The van der Waals surface area contributed by atoms with Gasteiger partial charge in [0.05, 0.1) is 5.25 Å². The lowest BCUT2D eigenvalue weighted by Gasteiger charge is -2.12. The van der Waals surface area contributed by atoms with Crippen LogP contribution in [-0.4, -0.2) is 26.0 Å².